The zero-order valence-electron chi connectivity index (χ0n) is 10.5. The quantitative estimate of drug-likeness (QED) is 0.834. The largest absolute Gasteiger partial charge is 0.496 e. The van der Waals surface area contributed by atoms with Gasteiger partial charge in [0.05, 0.1) is 13.2 Å². The third-order valence-corrected chi connectivity index (χ3v) is 2.41. The maximum Gasteiger partial charge on any atom is 0.123 e. The lowest BCUT2D eigenvalue weighted by molar-refractivity contribution is 0.241. The summed E-state index contributed by atoms with van der Waals surface area (Å²) in [7, 11) is 1.66. The van der Waals surface area contributed by atoms with Gasteiger partial charge < -0.3 is 15.2 Å². The number of benzene rings is 1. The molecule has 1 unspecified atom stereocenters. The lowest BCUT2D eigenvalue weighted by Gasteiger charge is -2.17. The Labute approximate surface area is 97.6 Å². The van der Waals surface area contributed by atoms with Gasteiger partial charge in [-0.15, -0.1) is 0 Å². The average Bonchev–Trinajstić information content (AvgIpc) is 2.27. The van der Waals surface area contributed by atoms with Gasteiger partial charge in [0.2, 0.25) is 0 Å². The summed E-state index contributed by atoms with van der Waals surface area (Å²) in [5, 5.41) is 0. The highest BCUT2D eigenvalue weighted by atomic mass is 16.5. The van der Waals surface area contributed by atoms with Gasteiger partial charge in [0.1, 0.15) is 11.5 Å². The van der Waals surface area contributed by atoms with Crippen molar-refractivity contribution < 1.29 is 9.47 Å². The van der Waals surface area contributed by atoms with Gasteiger partial charge in [-0.05, 0) is 38.5 Å². The molecule has 1 aromatic carbocycles. The smallest absolute Gasteiger partial charge is 0.123 e. The van der Waals surface area contributed by atoms with E-state index in [-0.39, 0.29) is 12.1 Å². The van der Waals surface area contributed by atoms with Crippen molar-refractivity contribution in [2.75, 3.05) is 7.11 Å². The van der Waals surface area contributed by atoms with Crippen LogP contribution in [0.1, 0.15) is 38.8 Å². The van der Waals surface area contributed by atoms with Gasteiger partial charge in [0.25, 0.3) is 0 Å². The molecule has 0 fully saturated rings. The molecule has 0 heterocycles. The average molecular weight is 223 g/mol. The molecule has 0 saturated heterocycles. The van der Waals surface area contributed by atoms with Crippen molar-refractivity contribution in [3.05, 3.63) is 23.8 Å². The van der Waals surface area contributed by atoms with Gasteiger partial charge in [-0.3, -0.25) is 0 Å². The van der Waals surface area contributed by atoms with E-state index in [1.165, 1.54) is 0 Å². The zero-order chi connectivity index (χ0) is 12.1. The molecule has 0 saturated carbocycles. The molecule has 3 heteroatoms. The Morgan fingerprint density at radius 1 is 1.31 bits per heavy atom. The Morgan fingerprint density at radius 2 is 2.00 bits per heavy atom. The molecule has 0 aliphatic heterocycles. The number of nitrogens with two attached hydrogens (primary N) is 1. The monoisotopic (exact) mass is 223 g/mol. The Morgan fingerprint density at radius 3 is 2.50 bits per heavy atom. The van der Waals surface area contributed by atoms with Crippen LogP contribution in [0.15, 0.2) is 18.2 Å². The van der Waals surface area contributed by atoms with E-state index in [1.54, 1.807) is 7.11 Å². The molecule has 0 aromatic heterocycles. The Kier molecular flexibility index (Phi) is 4.62. The summed E-state index contributed by atoms with van der Waals surface area (Å²) in [6.45, 7) is 6.06. The summed E-state index contributed by atoms with van der Waals surface area (Å²) in [4.78, 5) is 0. The highest BCUT2D eigenvalue weighted by molar-refractivity contribution is 5.42. The molecule has 1 rings (SSSR count). The van der Waals surface area contributed by atoms with Crippen molar-refractivity contribution in [2.45, 2.75) is 39.3 Å². The highest BCUT2D eigenvalue weighted by Crippen LogP contribution is 2.30. The summed E-state index contributed by atoms with van der Waals surface area (Å²) >= 11 is 0. The molecular formula is C13H21NO2. The molecule has 2 N–H and O–H groups in total. The first-order valence-electron chi connectivity index (χ1n) is 5.68. The summed E-state index contributed by atoms with van der Waals surface area (Å²) in [6.07, 6.45) is 1.04. The Hall–Kier alpha value is -1.22. The van der Waals surface area contributed by atoms with Crippen LogP contribution in [0.2, 0.25) is 0 Å². The van der Waals surface area contributed by atoms with E-state index in [0.717, 1.165) is 23.5 Å². The van der Waals surface area contributed by atoms with Crippen LogP contribution >= 0.6 is 0 Å². The fourth-order valence-corrected chi connectivity index (χ4v) is 1.57. The van der Waals surface area contributed by atoms with E-state index in [4.69, 9.17) is 15.2 Å². The standard InChI is InChI=1S/C13H21NO2/c1-5-12(14)11-8-10(16-9(2)3)6-7-13(11)15-4/h6-9,12H,5,14H2,1-4H3. The minimum atomic E-state index is -0.00865. The second-order valence-electron chi connectivity index (χ2n) is 4.09. The predicted molar refractivity (Wildman–Crippen MR) is 66.0 cm³/mol. The maximum absolute atomic E-state index is 6.03. The fraction of sp³-hybridized carbons (Fsp3) is 0.538. The molecular weight excluding hydrogens is 202 g/mol. The number of hydrogen-bond acceptors (Lipinski definition) is 3. The third kappa shape index (κ3) is 3.14. The van der Waals surface area contributed by atoms with Crippen molar-refractivity contribution in [2.24, 2.45) is 5.73 Å². The third-order valence-electron chi connectivity index (χ3n) is 2.41. The van der Waals surface area contributed by atoms with Crippen molar-refractivity contribution >= 4 is 0 Å². The van der Waals surface area contributed by atoms with Crippen molar-refractivity contribution in [3.63, 3.8) is 0 Å². The number of rotatable bonds is 5. The summed E-state index contributed by atoms with van der Waals surface area (Å²) < 4.78 is 10.9. The van der Waals surface area contributed by atoms with Crippen LogP contribution in [0.5, 0.6) is 11.5 Å². The second-order valence-corrected chi connectivity index (χ2v) is 4.09. The van der Waals surface area contributed by atoms with E-state index >= 15 is 0 Å². The zero-order valence-corrected chi connectivity index (χ0v) is 10.5. The predicted octanol–water partition coefficient (Wildman–Crippen LogP) is 2.89. The molecule has 0 bridgehead atoms. The van der Waals surface area contributed by atoms with Crippen LogP contribution in [-0.4, -0.2) is 13.2 Å². The molecule has 0 radical (unpaired) electrons. The Balaban J connectivity index is 3.01. The van der Waals surface area contributed by atoms with Crippen molar-refractivity contribution in [1.29, 1.82) is 0 Å². The molecule has 1 atom stereocenters. The Bertz CT molecular complexity index is 337. The summed E-state index contributed by atoms with van der Waals surface area (Å²) in [5.74, 6) is 1.67. The normalized spacial score (nSPS) is 12.6. The molecule has 16 heavy (non-hydrogen) atoms. The molecule has 0 amide bonds. The van der Waals surface area contributed by atoms with E-state index in [9.17, 15) is 0 Å². The number of methoxy groups -OCH3 is 1. The molecule has 0 spiro atoms. The van der Waals surface area contributed by atoms with Gasteiger partial charge in [-0.1, -0.05) is 6.92 Å². The topological polar surface area (TPSA) is 44.5 Å². The molecule has 90 valence electrons. The van der Waals surface area contributed by atoms with Gasteiger partial charge in [-0.25, -0.2) is 0 Å². The van der Waals surface area contributed by atoms with Gasteiger partial charge in [-0.2, -0.15) is 0 Å². The maximum atomic E-state index is 6.03. The molecule has 0 aliphatic rings. The van der Waals surface area contributed by atoms with Crippen LogP contribution in [0.3, 0.4) is 0 Å². The first kappa shape index (κ1) is 12.8. The van der Waals surface area contributed by atoms with Crippen molar-refractivity contribution in [1.82, 2.24) is 0 Å². The number of ether oxygens (including phenoxy) is 2. The summed E-state index contributed by atoms with van der Waals surface area (Å²) in [6, 6.07) is 5.77. The first-order valence-corrected chi connectivity index (χ1v) is 5.68. The summed E-state index contributed by atoms with van der Waals surface area (Å²) in [5.41, 5.74) is 7.04. The molecule has 0 aliphatic carbocycles. The lowest BCUT2D eigenvalue weighted by atomic mass is 10.0. The van der Waals surface area contributed by atoms with E-state index in [2.05, 4.69) is 6.92 Å². The van der Waals surface area contributed by atoms with Crippen LogP contribution in [0.25, 0.3) is 0 Å². The van der Waals surface area contributed by atoms with Crippen LogP contribution in [0, 0.1) is 0 Å². The second kappa shape index (κ2) is 5.75. The van der Waals surface area contributed by atoms with Crippen LogP contribution < -0.4 is 15.2 Å². The molecule has 1 aromatic rings. The fourth-order valence-electron chi connectivity index (χ4n) is 1.57. The van der Waals surface area contributed by atoms with E-state index in [1.807, 2.05) is 32.0 Å². The van der Waals surface area contributed by atoms with E-state index < -0.39 is 0 Å². The first-order chi connectivity index (χ1) is 7.58. The van der Waals surface area contributed by atoms with Gasteiger partial charge >= 0.3 is 0 Å². The van der Waals surface area contributed by atoms with Crippen LogP contribution in [0.4, 0.5) is 0 Å². The van der Waals surface area contributed by atoms with Gasteiger partial charge in [0, 0.05) is 11.6 Å². The minimum Gasteiger partial charge on any atom is -0.496 e. The highest BCUT2D eigenvalue weighted by Gasteiger charge is 2.11. The number of hydrogen-bond donors (Lipinski definition) is 1. The van der Waals surface area contributed by atoms with Crippen LogP contribution in [-0.2, 0) is 0 Å². The molecule has 3 nitrogen and oxygen atoms in total. The van der Waals surface area contributed by atoms with Gasteiger partial charge in [0.15, 0.2) is 0 Å². The lowest BCUT2D eigenvalue weighted by Crippen LogP contribution is -2.11. The van der Waals surface area contributed by atoms with E-state index in [0.29, 0.717) is 0 Å². The SMILES string of the molecule is CCC(N)c1cc(OC(C)C)ccc1OC. The van der Waals surface area contributed by atoms with Crippen molar-refractivity contribution in [3.8, 4) is 11.5 Å². The minimum absolute atomic E-state index is 0.00865.